The highest BCUT2D eigenvalue weighted by Crippen LogP contribution is 2.18. The van der Waals surface area contributed by atoms with Crippen LogP contribution in [0.3, 0.4) is 0 Å². The van der Waals surface area contributed by atoms with Gasteiger partial charge in [-0.25, -0.2) is 0 Å². The molecule has 10 heteroatoms. The Balaban J connectivity index is 1.30. The molecule has 0 spiro atoms. The molecular formula is C18H32N4O6. The minimum Gasteiger partial charge on any atom is -0.350 e. The first-order chi connectivity index (χ1) is 13.6. The van der Waals surface area contributed by atoms with Crippen LogP contribution in [0, 0.1) is 0 Å². The number of ether oxygens (including phenoxy) is 4. The fourth-order valence-electron chi connectivity index (χ4n) is 3.57. The average molecular weight is 400 g/mol. The summed E-state index contributed by atoms with van der Waals surface area (Å²) in [6, 6.07) is 0. The van der Waals surface area contributed by atoms with Gasteiger partial charge in [-0.3, -0.25) is 9.59 Å². The molecule has 4 N–H and O–H groups in total. The number of rotatable bonds is 8. The van der Waals surface area contributed by atoms with Crippen LogP contribution in [-0.2, 0) is 28.5 Å². The van der Waals surface area contributed by atoms with Crippen molar-refractivity contribution in [3.05, 3.63) is 0 Å². The largest absolute Gasteiger partial charge is 0.350 e. The smallest absolute Gasteiger partial charge is 0.222 e. The first kappa shape index (κ1) is 21.4. The number of nitrogens with zero attached hydrogens (tertiary/aromatic N) is 2. The Hall–Kier alpha value is -1.30. The van der Waals surface area contributed by atoms with Crippen LogP contribution in [-0.4, -0.2) is 98.9 Å². The van der Waals surface area contributed by atoms with Crippen molar-refractivity contribution in [2.45, 2.75) is 50.5 Å². The molecule has 3 aliphatic heterocycles. The number of amides is 2. The highest BCUT2D eigenvalue weighted by molar-refractivity contribution is 5.78. The predicted octanol–water partition coefficient (Wildman–Crippen LogP) is -1.38. The van der Waals surface area contributed by atoms with E-state index in [1.54, 1.807) is 9.80 Å². The van der Waals surface area contributed by atoms with E-state index in [0.29, 0.717) is 78.2 Å². The summed E-state index contributed by atoms with van der Waals surface area (Å²) >= 11 is 0. The van der Waals surface area contributed by atoms with Gasteiger partial charge in [0.15, 0.2) is 12.6 Å². The van der Waals surface area contributed by atoms with E-state index in [1.165, 1.54) is 0 Å². The molecular weight excluding hydrogens is 368 g/mol. The van der Waals surface area contributed by atoms with Crippen LogP contribution in [0.5, 0.6) is 0 Å². The van der Waals surface area contributed by atoms with Gasteiger partial charge in [0.2, 0.25) is 11.8 Å². The molecule has 3 fully saturated rings. The Morgan fingerprint density at radius 1 is 0.750 bits per heavy atom. The monoisotopic (exact) mass is 400 g/mol. The van der Waals surface area contributed by atoms with Crippen molar-refractivity contribution in [3.8, 4) is 0 Å². The number of nitrogens with two attached hydrogens (primary N) is 2. The van der Waals surface area contributed by atoms with Crippen LogP contribution in [0.1, 0.15) is 25.7 Å². The number of hydrogen-bond acceptors (Lipinski definition) is 8. The van der Waals surface area contributed by atoms with Crippen molar-refractivity contribution in [3.63, 3.8) is 0 Å². The molecule has 0 radical (unpaired) electrons. The predicted molar refractivity (Wildman–Crippen MR) is 99.0 cm³/mol. The summed E-state index contributed by atoms with van der Waals surface area (Å²) in [5.74, 6) is 0.132. The van der Waals surface area contributed by atoms with E-state index >= 15 is 0 Å². The highest BCUT2D eigenvalue weighted by atomic mass is 16.7. The lowest BCUT2D eigenvalue weighted by atomic mass is 10.2. The molecule has 3 saturated heterocycles. The van der Waals surface area contributed by atoms with Gasteiger partial charge >= 0.3 is 0 Å². The minimum absolute atomic E-state index is 0.0658. The molecule has 3 heterocycles. The van der Waals surface area contributed by atoms with E-state index in [0.717, 1.165) is 0 Å². The van der Waals surface area contributed by atoms with Gasteiger partial charge in [-0.2, -0.15) is 0 Å². The maximum atomic E-state index is 12.4. The number of hydrogen-bond donors (Lipinski definition) is 2. The Morgan fingerprint density at radius 3 is 1.46 bits per heavy atom. The first-order valence-corrected chi connectivity index (χ1v) is 10.1. The van der Waals surface area contributed by atoms with E-state index in [9.17, 15) is 9.59 Å². The lowest BCUT2D eigenvalue weighted by Crippen LogP contribution is -2.50. The second kappa shape index (κ2) is 10.5. The van der Waals surface area contributed by atoms with E-state index in [1.807, 2.05) is 0 Å². The van der Waals surface area contributed by atoms with E-state index in [2.05, 4.69) is 0 Å². The second-order valence-electron chi connectivity index (χ2n) is 7.35. The molecule has 0 aromatic rings. The Kier molecular flexibility index (Phi) is 8.00. The van der Waals surface area contributed by atoms with Gasteiger partial charge in [0.05, 0.1) is 25.4 Å². The molecule has 0 aromatic carbocycles. The summed E-state index contributed by atoms with van der Waals surface area (Å²) in [4.78, 5) is 28.4. The topological polar surface area (TPSA) is 130 Å². The maximum Gasteiger partial charge on any atom is 0.222 e. The van der Waals surface area contributed by atoms with Gasteiger partial charge in [-0.1, -0.05) is 0 Å². The normalized spacial score (nSPS) is 30.8. The van der Waals surface area contributed by atoms with E-state index in [-0.39, 0.29) is 36.6 Å². The van der Waals surface area contributed by atoms with Gasteiger partial charge in [0.1, 0.15) is 0 Å². The summed E-state index contributed by atoms with van der Waals surface area (Å²) in [5, 5.41) is 0. The zero-order valence-electron chi connectivity index (χ0n) is 16.3. The third kappa shape index (κ3) is 5.85. The summed E-state index contributed by atoms with van der Waals surface area (Å²) in [6.45, 7) is 4.02. The van der Waals surface area contributed by atoms with E-state index in [4.69, 9.17) is 30.4 Å². The van der Waals surface area contributed by atoms with Crippen LogP contribution >= 0.6 is 0 Å². The molecule has 4 atom stereocenters. The van der Waals surface area contributed by atoms with Gasteiger partial charge in [-0.15, -0.1) is 0 Å². The van der Waals surface area contributed by atoms with Crippen molar-refractivity contribution in [2.75, 3.05) is 52.5 Å². The molecule has 3 rings (SSSR count). The van der Waals surface area contributed by atoms with Crippen molar-refractivity contribution >= 4 is 11.8 Å². The van der Waals surface area contributed by atoms with E-state index < -0.39 is 0 Å². The fourth-order valence-corrected chi connectivity index (χ4v) is 3.57. The summed E-state index contributed by atoms with van der Waals surface area (Å²) in [6.07, 6.45) is 0.952. The fraction of sp³-hybridized carbons (Fsp3) is 0.889. The molecule has 160 valence electrons. The van der Waals surface area contributed by atoms with Crippen LogP contribution in [0.2, 0.25) is 0 Å². The molecule has 0 saturated carbocycles. The van der Waals surface area contributed by atoms with Crippen LogP contribution in [0.15, 0.2) is 0 Å². The highest BCUT2D eigenvalue weighted by Gasteiger charge is 2.29. The summed E-state index contributed by atoms with van der Waals surface area (Å²) < 4.78 is 22.1. The maximum absolute atomic E-state index is 12.4. The Morgan fingerprint density at radius 2 is 1.14 bits per heavy atom. The average Bonchev–Trinajstić information content (AvgIpc) is 3.39. The lowest BCUT2D eigenvalue weighted by molar-refractivity contribution is -0.142. The van der Waals surface area contributed by atoms with Crippen molar-refractivity contribution in [2.24, 2.45) is 11.5 Å². The SMILES string of the molecule is NCC1COC(CCC(=O)N2CCN(C(=O)CCC3OCC(CN)O3)CC2)O1. The molecule has 28 heavy (non-hydrogen) atoms. The number of piperazine rings is 1. The summed E-state index contributed by atoms with van der Waals surface area (Å²) in [7, 11) is 0. The van der Waals surface area contributed by atoms with Crippen LogP contribution in [0.25, 0.3) is 0 Å². The molecule has 10 nitrogen and oxygen atoms in total. The van der Waals surface area contributed by atoms with Gasteiger partial charge in [0.25, 0.3) is 0 Å². The molecule has 4 unspecified atom stereocenters. The Bertz CT molecular complexity index is 482. The van der Waals surface area contributed by atoms with Crippen molar-refractivity contribution < 1.29 is 28.5 Å². The molecule has 0 aliphatic carbocycles. The zero-order valence-corrected chi connectivity index (χ0v) is 16.3. The van der Waals surface area contributed by atoms with Crippen LogP contribution < -0.4 is 11.5 Å². The molecule has 0 bridgehead atoms. The zero-order chi connectivity index (χ0) is 19.9. The first-order valence-electron chi connectivity index (χ1n) is 10.1. The standard InChI is InChI=1S/C18H32N4O6/c19-9-13-11-25-17(27-13)3-1-15(23)21-5-7-22(8-6-21)16(24)2-4-18-26-12-14(10-20)28-18/h13-14,17-18H,1-12,19-20H2. The molecule has 3 aliphatic rings. The van der Waals surface area contributed by atoms with Gasteiger partial charge < -0.3 is 40.2 Å². The summed E-state index contributed by atoms with van der Waals surface area (Å²) in [5.41, 5.74) is 11.1. The third-order valence-corrected chi connectivity index (χ3v) is 5.32. The van der Waals surface area contributed by atoms with Crippen molar-refractivity contribution in [1.82, 2.24) is 9.80 Å². The van der Waals surface area contributed by atoms with Crippen molar-refractivity contribution in [1.29, 1.82) is 0 Å². The molecule has 2 amide bonds. The van der Waals surface area contributed by atoms with Crippen LogP contribution in [0.4, 0.5) is 0 Å². The van der Waals surface area contributed by atoms with Gasteiger partial charge in [-0.05, 0) is 0 Å². The number of carbonyl (C=O) groups excluding carboxylic acids is 2. The second-order valence-corrected chi connectivity index (χ2v) is 7.35. The Labute approximate surface area is 165 Å². The lowest BCUT2D eigenvalue weighted by Gasteiger charge is -2.35. The minimum atomic E-state index is -0.348. The number of carbonyl (C=O) groups is 2. The third-order valence-electron chi connectivity index (χ3n) is 5.32. The molecule has 0 aromatic heterocycles. The van der Waals surface area contributed by atoms with Gasteiger partial charge in [0, 0.05) is 65.0 Å². The quantitative estimate of drug-likeness (QED) is 0.510.